The largest absolute Gasteiger partial charge is 0.469 e. The maximum atomic E-state index is 12.0. The number of H-pyrrole nitrogens is 1. The second-order valence-electron chi connectivity index (χ2n) is 6.94. The third-order valence-corrected chi connectivity index (χ3v) is 5.40. The van der Waals surface area contributed by atoms with E-state index >= 15 is 0 Å². The highest BCUT2D eigenvalue weighted by atomic mass is 16.5. The van der Waals surface area contributed by atoms with Crippen molar-refractivity contribution in [2.75, 3.05) is 13.7 Å². The van der Waals surface area contributed by atoms with E-state index in [9.17, 15) is 9.59 Å². The van der Waals surface area contributed by atoms with Crippen LogP contribution in [0.2, 0.25) is 0 Å². The molecular weight excluding hydrogens is 320 g/mol. The van der Waals surface area contributed by atoms with Crippen LogP contribution in [-0.4, -0.2) is 35.9 Å². The summed E-state index contributed by atoms with van der Waals surface area (Å²) in [5.74, 6) is -0.262. The molecule has 136 valence electrons. The van der Waals surface area contributed by atoms with Crippen LogP contribution in [0.15, 0.2) is 6.08 Å². The molecule has 0 fully saturated rings. The standard InChI is InChI=1S/C19H26N2O4/c1-4-25-19(23)14-7-5-12(9-11(14)2)17-15-8-6-13(18(22)24-3)10-16(15)20-21-17/h9,11,13-14H,4-8,10H2,1-3H3,(H,20,21)/t11?,13?,14-/m1/s1. The number of hydrogen-bond acceptors (Lipinski definition) is 5. The molecule has 0 aromatic carbocycles. The minimum absolute atomic E-state index is 0.0674. The molecule has 0 spiro atoms. The number of allylic oxidation sites excluding steroid dienone is 2. The Morgan fingerprint density at radius 2 is 2.08 bits per heavy atom. The second kappa shape index (κ2) is 7.42. The molecule has 3 rings (SSSR count). The molecule has 0 radical (unpaired) electrons. The second-order valence-corrected chi connectivity index (χ2v) is 6.94. The van der Waals surface area contributed by atoms with E-state index in [-0.39, 0.29) is 29.7 Å². The number of carbonyl (C=O) groups is 2. The Hall–Kier alpha value is -2.11. The molecule has 6 heteroatoms. The topological polar surface area (TPSA) is 81.3 Å². The van der Waals surface area contributed by atoms with Crippen molar-refractivity contribution in [3.05, 3.63) is 23.0 Å². The smallest absolute Gasteiger partial charge is 0.309 e. The van der Waals surface area contributed by atoms with E-state index in [0.29, 0.717) is 13.0 Å². The third-order valence-electron chi connectivity index (χ3n) is 5.40. The van der Waals surface area contributed by atoms with Crippen LogP contribution in [0, 0.1) is 17.8 Å². The van der Waals surface area contributed by atoms with Gasteiger partial charge in [-0.1, -0.05) is 13.0 Å². The number of nitrogens with one attached hydrogen (secondary N) is 1. The quantitative estimate of drug-likeness (QED) is 0.848. The van der Waals surface area contributed by atoms with Crippen molar-refractivity contribution in [1.29, 1.82) is 0 Å². The zero-order valence-corrected chi connectivity index (χ0v) is 15.1. The van der Waals surface area contributed by atoms with E-state index < -0.39 is 0 Å². The van der Waals surface area contributed by atoms with Gasteiger partial charge in [0.25, 0.3) is 0 Å². The van der Waals surface area contributed by atoms with Crippen molar-refractivity contribution in [2.24, 2.45) is 17.8 Å². The fraction of sp³-hybridized carbons (Fsp3) is 0.632. The fourth-order valence-electron chi connectivity index (χ4n) is 4.01. The molecule has 3 atom stereocenters. The molecule has 0 bridgehead atoms. The summed E-state index contributed by atoms with van der Waals surface area (Å²) in [6.45, 7) is 4.32. The molecule has 0 saturated carbocycles. The molecular formula is C19H26N2O4. The van der Waals surface area contributed by atoms with Crippen LogP contribution in [0.3, 0.4) is 0 Å². The first-order valence-corrected chi connectivity index (χ1v) is 9.06. The molecule has 2 unspecified atom stereocenters. The average molecular weight is 346 g/mol. The van der Waals surface area contributed by atoms with Crippen LogP contribution >= 0.6 is 0 Å². The predicted octanol–water partition coefficient (Wildman–Crippen LogP) is 2.68. The van der Waals surface area contributed by atoms with Gasteiger partial charge < -0.3 is 9.47 Å². The van der Waals surface area contributed by atoms with Crippen molar-refractivity contribution >= 4 is 17.5 Å². The van der Waals surface area contributed by atoms with Gasteiger partial charge in [-0.3, -0.25) is 14.7 Å². The van der Waals surface area contributed by atoms with Gasteiger partial charge in [-0.05, 0) is 44.1 Å². The molecule has 0 amide bonds. The summed E-state index contributed by atoms with van der Waals surface area (Å²) in [4.78, 5) is 23.8. The number of hydrogen-bond donors (Lipinski definition) is 1. The number of rotatable bonds is 4. The fourth-order valence-corrected chi connectivity index (χ4v) is 4.01. The summed E-state index contributed by atoms with van der Waals surface area (Å²) >= 11 is 0. The first-order chi connectivity index (χ1) is 12.0. The molecule has 1 aromatic rings. The summed E-state index contributed by atoms with van der Waals surface area (Å²) < 4.78 is 10.0. The minimum atomic E-state index is -0.149. The van der Waals surface area contributed by atoms with Crippen molar-refractivity contribution < 1.29 is 19.1 Å². The van der Waals surface area contributed by atoms with E-state index in [2.05, 4.69) is 23.2 Å². The Bertz CT molecular complexity index is 692. The van der Waals surface area contributed by atoms with Gasteiger partial charge >= 0.3 is 11.9 Å². The van der Waals surface area contributed by atoms with E-state index in [1.54, 1.807) is 0 Å². The Balaban J connectivity index is 1.77. The van der Waals surface area contributed by atoms with Crippen LogP contribution in [0.5, 0.6) is 0 Å². The van der Waals surface area contributed by atoms with Gasteiger partial charge in [0, 0.05) is 17.7 Å². The molecule has 0 aliphatic heterocycles. The lowest BCUT2D eigenvalue weighted by Crippen LogP contribution is -2.26. The van der Waals surface area contributed by atoms with Gasteiger partial charge in [-0.15, -0.1) is 0 Å². The minimum Gasteiger partial charge on any atom is -0.469 e. The third kappa shape index (κ3) is 3.48. The van der Waals surface area contributed by atoms with Gasteiger partial charge in [-0.2, -0.15) is 5.10 Å². The maximum absolute atomic E-state index is 12.0. The Labute approximate surface area is 148 Å². The lowest BCUT2D eigenvalue weighted by atomic mass is 9.79. The molecule has 2 aliphatic carbocycles. The van der Waals surface area contributed by atoms with Crippen LogP contribution in [0.4, 0.5) is 0 Å². The lowest BCUT2D eigenvalue weighted by Gasteiger charge is -2.26. The summed E-state index contributed by atoms with van der Waals surface area (Å²) in [5, 5.41) is 7.63. The van der Waals surface area contributed by atoms with Gasteiger partial charge in [0.2, 0.25) is 0 Å². The number of methoxy groups -OCH3 is 1. The van der Waals surface area contributed by atoms with Crippen LogP contribution in [-0.2, 0) is 31.9 Å². The van der Waals surface area contributed by atoms with Gasteiger partial charge in [0.15, 0.2) is 0 Å². The maximum Gasteiger partial charge on any atom is 0.309 e. The SMILES string of the molecule is CCOC(=O)[C@@H]1CCC(c2n[nH]c3c2CCC(C(=O)OC)C3)=CC1C. The highest BCUT2D eigenvalue weighted by Gasteiger charge is 2.33. The summed E-state index contributed by atoms with van der Waals surface area (Å²) in [6, 6.07) is 0. The number of aromatic amines is 1. The average Bonchev–Trinajstić information content (AvgIpc) is 3.04. The van der Waals surface area contributed by atoms with Crippen LogP contribution in [0.1, 0.15) is 50.1 Å². The van der Waals surface area contributed by atoms with Crippen LogP contribution in [0.25, 0.3) is 5.57 Å². The summed E-state index contributed by atoms with van der Waals surface area (Å²) in [5.41, 5.74) is 4.46. The highest BCUT2D eigenvalue weighted by molar-refractivity contribution is 5.77. The van der Waals surface area contributed by atoms with E-state index in [1.165, 1.54) is 18.2 Å². The Morgan fingerprint density at radius 1 is 1.28 bits per heavy atom. The first-order valence-electron chi connectivity index (χ1n) is 9.06. The van der Waals surface area contributed by atoms with Gasteiger partial charge in [0.1, 0.15) is 0 Å². The number of carbonyl (C=O) groups excluding carboxylic acids is 2. The predicted molar refractivity (Wildman–Crippen MR) is 92.6 cm³/mol. The lowest BCUT2D eigenvalue weighted by molar-refractivity contribution is -0.149. The Kier molecular flexibility index (Phi) is 5.25. The van der Waals surface area contributed by atoms with Crippen molar-refractivity contribution in [3.63, 3.8) is 0 Å². The number of aromatic nitrogens is 2. The van der Waals surface area contributed by atoms with Crippen molar-refractivity contribution in [3.8, 4) is 0 Å². The summed E-state index contributed by atoms with van der Waals surface area (Å²) in [7, 11) is 1.43. The van der Waals surface area contributed by atoms with Crippen molar-refractivity contribution in [1.82, 2.24) is 10.2 Å². The van der Waals surface area contributed by atoms with Gasteiger partial charge in [0.05, 0.1) is 31.2 Å². The Morgan fingerprint density at radius 3 is 2.76 bits per heavy atom. The zero-order chi connectivity index (χ0) is 18.0. The number of ether oxygens (including phenoxy) is 2. The summed E-state index contributed by atoms with van der Waals surface area (Å²) in [6.07, 6.45) is 6.05. The molecule has 6 nitrogen and oxygen atoms in total. The molecule has 2 aliphatic rings. The first kappa shape index (κ1) is 17.7. The van der Waals surface area contributed by atoms with E-state index in [4.69, 9.17) is 9.47 Å². The monoisotopic (exact) mass is 346 g/mol. The van der Waals surface area contributed by atoms with Crippen molar-refractivity contribution in [2.45, 2.75) is 46.0 Å². The zero-order valence-electron chi connectivity index (χ0n) is 15.1. The van der Waals surface area contributed by atoms with E-state index in [1.807, 2.05) is 6.92 Å². The molecule has 1 N–H and O–H groups in total. The molecule has 25 heavy (non-hydrogen) atoms. The number of nitrogens with zero attached hydrogens (tertiary/aromatic N) is 1. The highest BCUT2D eigenvalue weighted by Crippen LogP contribution is 2.37. The number of fused-ring (bicyclic) bond motifs is 1. The van der Waals surface area contributed by atoms with Crippen LogP contribution < -0.4 is 0 Å². The molecule has 1 heterocycles. The van der Waals surface area contributed by atoms with E-state index in [0.717, 1.165) is 37.1 Å². The molecule has 0 saturated heterocycles. The number of esters is 2. The molecule has 1 aromatic heterocycles. The normalized spacial score (nSPS) is 25.7. The van der Waals surface area contributed by atoms with Gasteiger partial charge in [-0.25, -0.2) is 0 Å².